The van der Waals surface area contributed by atoms with E-state index in [0.717, 1.165) is 16.7 Å². The summed E-state index contributed by atoms with van der Waals surface area (Å²) in [5.74, 6) is 0.411. The van der Waals surface area contributed by atoms with Crippen molar-refractivity contribution in [2.24, 2.45) is 0 Å². The summed E-state index contributed by atoms with van der Waals surface area (Å²) in [5.41, 5.74) is 4.13. The van der Waals surface area contributed by atoms with E-state index in [1.807, 2.05) is 74.5 Å². The number of carbonyl (C=O) groups excluding carboxylic acids is 1. The normalized spacial score (nSPS) is 11.4. The molecule has 0 radical (unpaired) electrons. The molecular weight excluding hydrogens is 508 g/mol. The minimum absolute atomic E-state index is 0.0596. The summed E-state index contributed by atoms with van der Waals surface area (Å²) in [5, 5.41) is 0. The van der Waals surface area contributed by atoms with Crippen molar-refractivity contribution < 1.29 is 17.9 Å². The maximum absolute atomic E-state index is 13.9. The van der Waals surface area contributed by atoms with Crippen molar-refractivity contribution in [2.75, 3.05) is 13.7 Å². The number of hydrogen-bond donors (Lipinski definition) is 0. The summed E-state index contributed by atoms with van der Waals surface area (Å²) in [4.78, 5) is 15.9. The van der Waals surface area contributed by atoms with Crippen molar-refractivity contribution >= 4 is 15.9 Å². The van der Waals surface area contributed by atoms with E-state index in [1.165, 1.54) is 11.4 Å². The summed E-state index contributed by atoms with van der Waals surface area (Å²) in [6, 6.07) is 31.7. The zero-order valence-corrected chi connectivity index (χ0v) is 23.4. The number of nitrogens with zero attached hydrogens (tertiary/aromatic N) is 2. The Morgan fingerprint density at radius 2 is 1.33 bits per heavy atom. The van der Waals surface area contributed by atoms with Gasteiger partial charge >= 0.3 is 0 Å². The van der Waals surface area contributed by atoms with Gasteiger partial charge in [0.25, 0.3) is 5.91 Å². The number of hydrogen-bond acceptors (Lipinski definition) is 4. The highest BCUT2D eigenvalue weighted by molar-refractivity contribution is 7.89. The van der Waals surface area contributed by atoms with Gasteiger partial charge < -0.3 is 9.64 Å². The van der Waals surface area contributed by atoms with Gasteiger partial charge in [0, 0.05) is 37.8 Å². The Morgan fingerprint density at radius 3 is 1.87 bits per heavy atom. The standard InChI is InChI=1S/C32H34N2O4S/c1-4-38-31-20-17-28(21-29(31)24-33(3)39(36,37)30-18-15-25(2)16-19-30)32(35)34(22-26-11-7-5-8-12-26)23-27-13-9-6-10-14-27/h5-21H,4,22-24H2,1-3H3. The number of sulfonamides is 1. The van der Waals surface area contributed by atoms with Crippen LogP contribution in [-0.4, -0.2) is 37.2 Å². The number of ether oxygens (including phenoxy) is 1. The third-order valence-corrected chi connectivity index (χ3v) is 8.27. The summed E-state index contributed by atoms with van der Waals surface area (Å²) in [6.45, 7) is 5.15. The zero-order valence-electron chi connectivity index (χ0n) is 22.6. The second kappa shape index (κ2) is 12.7. The van der Waals surface area contributed by atoms with Gasteiger partial charge in [-0.3, -0.25) is 4.79 Å². The Bertz CT molecular complexity index is 1450. The minimum Gasteiger partial charge on any atom is -0.494 e. The average Bonchev–Trinajstić information content (AvgIpc) is 2.94. The van der Waals surface area contributed by atoms with Crippen molar-refractivity contribution in [2.45, 2.75) is 38.4 Å². The van der Waals surface area contributed by atoms with Gasteiger partial charge in [-0.25, -0.2) is 8.42 Å². The molecule has 7 heteroatoms. The van der Waals surface area contributed by atoms with Crippen LogP contribution in [0, 0.1) is 6.92 Å². The Balaban J connectivity index is 1.64. The second-order valence-corrected chi connectivity index (χ2v) is 11.5. The van der Waals surface area contributed by atoms with Crippen molar-refractivity contribution in [3.63, 3.8) is 0 Å². The first kappa shape index (κ1) is 28.1. The molecule has 0 bridgehead atoms. The molecule has 0 fully saturated rings. The maximum atomic E-state index is 13.9. The smallest absolute Gasteiger partial charge is 0.254 e. The van der Waals surface area contributed by atoms with E-state index >= 15 is 0 Å². The highest BCUT2D eigenvalue weighted by Crippen LogP contribution is 2.26. The number of carbonyl (C=O) groups is 1. The maximum Gasteiger partial charge on any atom is 0.254 e. The van der Waals surface area contributed by atoms with E-state index < -0.39 is 10.0 Å². The molecule has 0 saturated heterocycles. The minimum atomic E-state index is -3.73. The van der Waals surface area contributed by atoms with Gasteiger partial charge in [-0.1, -0.05) is 78.4 Å². The van der Waals surface area contributed by atoms with Gasteiger partial charge in [0.1, 0.15) is 5.75 Å². The first-order chi connectivity index (χ1) is 18.8. The molecule has 0 aliphatic rings. The first-order valence-electron chi connectivity index (χ1n) is 12.9. The lowest BCUT2D eigenvalue weighted by molar-refractivity contribution is 0.0730. The SMILES string of the molecule is CCOc1ccc(C(=O)N(Cc2ccccc2)Cc2ccccc2)cc1CN(C)S(=O)(=O)c1ccc(C)cc1. The van der Waals surface area contributed by atoms with Crippen LogP contribution in [0.2, 0.25) is 0 Å². The third kappa shape index (κ3) is 7.13. The Kier molecular flexibility index (Phi) is 9.17. The molecule has 0 unspecified atom stereocenters. The number of aryl methyl sites for hydroxylation is 1. The van der Waals surface area contributed by atoms with E-state index in [2.05, 4.69) is 0 Å². The van der Waals surface area contributed by atoms with E-state index in [4.69, 9.17) is 4.74 Å². The summed E-state index contributed by atoms with van der Waals surface area (Å²) >= 11 is 0. The Morgan fingerprint density at radius 1 is 0.769 bits per heavy atom. The molecule has 0 N–H and O–H groups in total. The quantitative estimate of drug-likeness (QED) is 0.231. The third-order valence-electron chi connectivity index (χ3n) is 6.45. The highest BCUT2D eigenvalue weighted by atomic mass is 32.2. The van der Waals surface area contributed by atoms with Crippen molar-refractivity contribution in [3.8, 4) is 5.75 Å². The molecule has 39 heavy (non-hydrogen) atoms. The monoisotopic (exact) mass is 542 g/mol. The van der Waals surface area contributed by atoms with Crippen LogP contribution in [0.5, 0.6) is 5.75 Å². The summed E-state index contributed by atoms with van der Waals surface area (Å²) < 4.78 is 33.6. The molecule has 0 aromatic heterocycles. The molecule has 6 nitrogen and oxygen atoms in total. The number of rotatable bonds is 11. The number of amides is 1. The van der Waals surface area contributed by atoms with Gasteiger partial charge in [-0.15, -0.1) is 0 Å². The molecule has 4 aromatic carbocycles. The fourth-order valence-corrected chi connectivity index (χ4v) is 5.49. The second-order valence-electron chi connectivity index (χ2n) is 9.46. The van der Waals surface area contributed by atoms with Crippen LogP contribution < -0.4 is 4.74 Å². The van der Waals surface area contributed by atoms with Crippen LogP contribution in [0.15, 0.2) is 108 Å². The van der Waals surface area contributed by atoms with Crippen LogP contribution in [-0.2, 0) is 29.7 Å². The van der Waals surface area contributed by atoms with Gasteiger partial charge in [0.15, 0.2) is 0 Å². The molecule has 0 aliphatic carbocycles. The summed E-state index contributed by atoms with van der Waals surface area (Å²) in [6.07, 6.45) is 0. The van der Waals surface area contributed by atoms with Crippen LogP contribution >= 0.6 is 0 Å². The van der Waals surface area contributed by atoms with E-state index in [0.29, 0.717) is 36.6 Å². The molecular formula is C32H34N2O4S. The molecule has 4 aromatic rings. The van der Waals surface area contributed by atoms with Crippen molar-refractivity contribution in [3.05, 3.63) is 131 Å². The van der Waals surface area contributed by atoms with E-state index in [1.54, 1.807) is 47.4 Å². The van der Waals surface area contributed by atoms with Gasteiger partial charge in [0.2, 0.25) is 10.0 Å². The van der Waals surface area contributed by atoms with Gasteiger partial charge in [-0.05, 0) is 55.3 Å². The zero-order chi connectivity index (χ0) is 27.8. The average molecular weight is 543 g/mol. The van der Waals surface area contributed by atoms with Crippen molar-refractivity contribution in [1.82, 2.24) is 9.21 Å². The largest absolute Gasteiger partial charge is 0.494 e. The molecule has 202 valence electrons. The van der Waals surface area contributed by atoms with Crippen LogP contribution in [0.4, 0.5) is 0 Å². The van der Waals surface area contributed by atoms with Gasteiger partial charge in [-0.2, -0.15) is 4.31 Å². The lowest BCUT2D eigenvalue weighted by Crippen LogP contribution is -2.30. The summed E-state index contributed by atoms with van der Waals surface area (Å²) in [7, 11) is -2.20. The fourth-order valence-electron chi connectivity index (χ4n) is 4.34. The highest BCUT2D eigenvalue weighted by Gasteiger charge is 2.24. The molecule has 0 aliphatic heterocycles. The Hall–Kier alpha value is -3.94. The predicted molar refractivity (Wildman–Crippen MR) is 154 cm³/mol. The molecule has 0 atom stereocenters. The molecule has 4 rings (SSSR count). The van der Waals surface area contributed by atoms with Crippen LogP contribution in [0.25, 0.3) is 0 Å². The lowest BCUT2D eigenvalue weighted by atomic mass is 10.1. The number of benzene rings is 4. The van der Waals surface area contributed by atoms with Crippen molar-refractivity contribution in [1.29, 1.82) is 0 Å². The Labute approximate surface area is 231 Å². The molecule has 0 saturated carbocycles. The molecule has 0 heterocycles. The van der Waals surface area contributed by atoms with Crippen LogP contribution in [0.1, 0.15) is 39.5 Å². The topological polar surface area (TPSA) is 66.9 Å². The fraction of sp³-hybridized carbons (Fsp3) is 0.219. The first-order valence-corrected chi connectivity index (χ1v) is 14.4. The lowest BCUT2D eigenvalue weighted by Gasteiger charge is -2.24. The van der Waals surface area contributed by atoms with Gasteiger partial charge in [0.05, 0.1) is 11.5 Å². The molecule has 1 amide bonds. The predicted octanol–water partition coefficient (Wildman–Crippen LogP) is 6.06. The van der Waals surface area contributed by atoms with Crippen LogP contribution in [0.3, 0.4) is 0 Å². The van der Waals surface area contributed by atoms with E-state index in [9.17, 15) is 13.2 Å². The molecule has 0 spiro atoms. The van der Waals surface area contributed by atoms with E-state index in [-0.39, 0.29) is 17.3 Å².